The van der Waals surface area contributed by atoms with Gasteiger partial charge in [0.25, 0.3) is 10.2 Å². The van der Waals surface area contributed by atoms with Gasteiger partial charge in [-0.1, -0.05) is 20.8 Å². The number of ether oxygens (including phenoxy) is 1. The SMILES string of the molecule is CCN(CC)S(=O)(=O)N(C)CC(C)C(=O)OC. The largest absolute Gasteiger partial charge is 0.469 e. The summed E-state index contributed by atoms with van der Waals surface area (Å²) in [7, 11) is -0.724. The lowest BCUT2D eigenvalue weighted by molar-refractivity contribution is -0.145. The number of esters is 1. The van der Waals surface area contributed by atoms with Crippen LogP contribution in [0.15, 0.2) is 0 Å². The van der Waals surface area contributed by atoms with Gasteiger partial charge >= 0.3 is 5.97 Å². The van der Waals surface area contributed by atoms with Crippen molar-refractivity contribution in [2.24, 2.45) is 5.92 Å². The Hall–Kier alpha value is -0.660. The number of carbonyl (C=O) groups is 1. The summed E-state index contributed by atoms with van der Waals surface area (Å²) in [6.07, 6.45) is 0. The predicted molar refractivity (Wildman–Crippen MR) is 65.7 cm³/mol. The Morgan fingerprint density at radius 2 is 1.76 bits per heavy atom. The average molecular weight is 266 g/mol. The van der Waals surface area contributed by atoms with Crippen molar-refractivity contribution in [1.29, 1.82) is 0 Å². The maximum absolute atomic E-state index is 12.0. The zero-order chi connectivity index (χ0) is 13.6. The van der Waals surface area contributed by atoms with Crippen molar-refractivity contribution in [2.75, 3.05) is 33.8 Å². The molecule has 0 fully saturated rings. The molecular weight excluding hydrogens is 244 g/mol. The predicted octanol–water partition coefficient (Wildman–Crippen LogP) is 0.314. The van der Waals surface area contributed by atoms with Crippen LogP contribution >= 0.6 is 0 Å². The Balaban J connectivity index is 4.70. The molecule has 102 valence electrons. The molecule has 0 aromatic rings. The van der Waals surface area contributed by atoms with Crippen LogP contribution in [0.5, 0.6) is 0 Å². The van der Waals surface area contributed by atoms with E-state index >= 15 is 0 Å². The van der Waals surface area contributed by atoms with Crippen LogP contribution in [0.1, 0.15) is 20.8 Å². The molecule has 0 aliphatic carbocycles. The Kier molecular flexibility index (Phi) is 6.66. The molecule has 1 unspecified atom stereocenters. The van der Waals surface area contributed by atoms with E-state index in [1.165, 1.54) is 22.8 Å². The zero-order valence-corrected chi connectivity index (χ0v) is 12.0. The second kappa shape index (κ2) is 6.93. The Morgan fingerprint density at radius 3 is 2.12 bits per heavy atom. The summed E-state index contributed by atoms with van der Waals surface area (Å²) in [6, 6.07) is 0. The maximum Gasteiger partial charge on any atom is 0.309 e. The molecule has 0 aromatic carbocycles. The van der Waals surface area contributed by atoms with Gasteiger partial charge in [-0.2, -0.15) is 17.0 Å². The quantitative estimate of drug-likeness (QED) is 0.622. The second-order valence-electron chi connectivity index (χ2n) is 3.80. The molecule has 0 N–H and O–H groups in total. The van der Waals surface area contributed by atoms with Crippen LogP contribution in [0.3, 0.4) is 0 Å². The molecule has 1 atom stereocenters. The van der Waals surface area contributed by atoms with Gasteiger partial charge in [0.1, 0.15) is 0 Å². The molecule has 6 nitrogen and oxygen atoms in total. The lowest BCUT2D eigenvalue weighted by Gasteiger charge is -2.26. The Morgan fingerprint density at radius 1 is 1.29 bits per heavy atom. The third kappa shape index (κ3) is 4.25. The highest BCUT2D eigenvalue weighted by Gasteiger charge is 2.27. The van der Waals surface area contributed by atoms with Crippen LogP contribution in [0.25, 0.3) is 0 Å². The fourth-order valence-corrected chi connectivity index (χ4v) is 2.96. The highest BCUT2D eigenvalue weighted by Crippen LogP contribution is 2.09. The Bertz CT molecular complexity index is 338. The number of rotatable bonds is 7. The van der Waals surface area contributed by atoms with Gasteiger partial charge < -0.3 is 4.74 Å². The van der Waals surface area contributed by atoms with E-state index < -0.39 is 22.1 Å². The first-order valence-corrected chi connectivity index (χ1v) is 7.00. The number of hydrogen-bond acceptors (Lipinski definition) is 4. The highest BCUT2D eigenvalue weighted by atomic mass is 32.2. The fourth-order valence-electron chi connectivity index (χ4n) is 1.50. The van der Waals surface area contributed by atoms with Gasteiger partial charge in [0.15, 0.2) is 0 Å². The standard InChI is InChI=1S/C10H22N2O4S/c1-6-12(7-2)17(14,15)11(4)8-9(3)10(13)16-5/h9H,6-8H2,1-5H3. The molecule has 17 heavy (non-hydrogen) atoms. The molecule has 0 rings (SSSR count). The van der Waals surface area contributed by atoms with Crippen LogP contribution < -0.4 is 0 Å². The maximum atomic E-state index is 12.0. The van der Waals surface area contributed by atoms with Crippen molar-refractivity contribution in [3.8, 4) is 0 Å². The zero-order valence-electron chi connectivity index (χ0n) is 11.1. The van der Waals surface area contributed by atoms with Crippen LogP contribution in [-0.4, -0.2) is 56.8 Å². The van der Waals surface area contributed by atoms with E-state index in [9.17, 15) is 13.2 Å². The van der Waals surface area contributed by atoms with Gasteiger partial charge in [-0.25, -0.2) is 0 Å². The molecule has 0 heterocycles. The molecule has 7 heteroatoms. The Labute approximate surface area is 104 Å². The van der Waals surface area contributed by atoms with Crippen molar-refractivity contribution >= 4 is 16.2 Å². The monoisotopic (exact) mass is 266 g/mol. The van der Waals surface area contributed by atoms with E-state index in [4.69, 9.17) is 0 Å². The number of methoxy groups -OCH3 is 1. The first kappa shape index (κ1) is 16.3. The van der Waals surface area contributed by atoms with Crippen LogP contribution in [0.4, 0.5) is 0 Å². The van der Waals surface area contributed by atoms with Gasteiger partial charge in [0.05, 0.1) is 13.0 Å². The lowest BCUT2D eigenvalue weighted by Crippen LogP contribution is -2.44. The van der Waals surface area contributed by atoms with Gasteiger partial charge in [0, 0.05) is 26.7 Å². The van der Waals surface area contributed by atoms with E-state index in [-0.39, 0.29) is 6.54 Å². The van der Waals surface area contributed by atoms with E-state index in [2.05, 4.69) is 4.74 Å². The van der Waals surface area contributed by atoms with E-state index in [1.54, 1.807) is 20.8 Å². The molecule has 0 spiro atoms. The highest BCUT2D eigenvalue weighted by molar-refractivity contribution is 7.86. The molecule has 0 saturated heterocycles. The van der Waals surface area contributed by atoms with Gasteiger partial charge in [-0.05, 0) is 0 Å². The fraction of sp³-hybridized carbons (Fsp3) is 0.900. The summed E-state index contributed by atoms with van der Waals surface area (Å²) in [4.78, 5) is 11.2. The number of carbonyl (C=O) groups excluding carboxylic acids is 1. The normalized spacial score (nSPS) is 14.1. The lowest BCUT2D eigenvalue weighted by atomic mass is 10.2. The number of hydrogen-bond donors (Lipinski definition) is 0. The topological polar surface area (TPSA) is 66.9 Å². The van der Waals surface area contributed by atoms with E-state index in [0.29, 0.717) is 13.1 Å². The molecule has 0 aromatic heterocycles. The van der Waals surface area contributed by atoms with Crippen molar-refractivity contribution in [2.45, 2.75) is 20.8 Å². The second-order valence-corrected chi connectivity index (χ2v) is 5.83. The van der Waals surface area contributed by atoms with E-state index in [1.807, 2.05) is 0 Å². The van der Waals surface area contributed by atoms with Gasteiger partial charge in [-0.3, -0.25) is 4.79 Å². The summed E-state index contributed by atoms with van der Waals surface area (Å²) in [5.74, 6) is -0.887. The molecule has 0 aliphatic heterocycles. The third-order valence-corrected chi connectivity index (χ3v) is 4.67. The van der Waals surface area contributed by atoms with Crippen molar-refractivity contribution in [1.82, 2.24) is 8.61 Å². The summed E-state index contributed by atoms with van der Waals surface area (Å²) < 4.78 is 31.2. The molecule has 0 amide bonds. The molecule has 0 aliphatic rings. The molecule has 0 bridgehead atoms. The van der Waals surface area contributed by atoms with Crippen LogP contribution in [-0.2, 0) is 19.7 Å². The van der Waals surface area contributed by atoms with Crippen molar-refractivity contribution in [3.63, 3.8) is 0 Å². The first-order valence-electron chi connectivity index (χ1n) is 5.60. The summed E-state index contributed by atoms with van der Waals surface area (Å²) in [6.45, 7) is 6.13. The van der Waals surface area contributed by atoms with Crippen LogP contribution in [0.2, 0.25) is 0 Å². The first-order chi connectivity index (χ1) is 7.81. The molecule has 0 saturated carbocycles. The van der Waals surface area contributed by atoms with E-state index in [0.717, 1.165) is 0 Å². The minimum atomic E-state index is -3.48. The summed E-state index contributed by atoms with van der Waals surface area (Å²) >= 11 is 0. The molecular formula is C10H22N2O4S. The summed E-state index contributed by atoms with van der Waals surface area (Å²) in [5.41, 5.74) is 0. The van der Waals surface area contributed by atoms with Crippen molar-refractivity contribution < 1.29 is 17.9 Å². The van der Waals surface area contributed by atoms with Crippen molar-refractivity contribution in [3.05, 3.63) is 0 Å². The minimum Gasteiger partial charge on any atom is -0.469 e. The van der Waals surface area contributed by atoms with Gasteiger partial charge in [0.2, 0.25) is 0 Å². The van der Waals surface area contributed by atoms with Gasteiger partial charge in [-0.15, -0.1) is 0 Å². The third-order valence-electron chi connectivity index (χ3n) is 2.56. The smallest absolute Gasteiger partial charge is 0.309 e. The summed E-state index contributed by atoms with van der Waals surface area (Å²) in [5, 5.41) is 0. The van der Waals surface area contributed by atoms with Crippen LogP contribution in [0, 0.1) is 5.92 Å². The molecule has 0 radical (unpaired) electrons. The average Bonchev–Trinajstić information content (AvgIpc) is 2.28. The number of nitrogens with zero attached hydrogens (tertiary/aromatic N) is 2. The minimum absolute atomic E-state index is 0.117.